The third-order valence-electron chi connectivity index (χ3n) is 2.89. The summed E-state index contributed by atoms with van der Waals surface area (Å²) < 4.78 is 1.12. The second-order valence-electron chi connectivity index (χ2n) is 4.42. The van der Waals surface area contributed by atoms with E-state index in [2.05, 4.69) is 29.4 Å². The van der Waals surface area contributed by atoms with Crippen molar-refractivity contribution in [2.75, 3.05) is 5.32 Å². The van der Waals surface area contributed by atoms with Crippen LogP contribution in [0.2, 0.25) is 5.02 Å². The lowest BCUT2D eigenvalue weighted by molar-refractivity contribution is 1.41. The monoisotopic (exact) mass is 299 g/mol. The third-order valence-corrected chi connectivity index (χ3v) is 4.06. The van der Waals surface area contributed by atoms with E-state index < -0.39 is 0 Å². The molecule has 1 heterocycles. The van der Waals surface area contributed by atoms with Gasteiger partial charge in [0, 0.05) is 5.02 Å². The van der Waals surface area contributed by atoms with Crippen LogP contribution in [0.5, 0.6) is 0 Å². The molecule has 1 N–H and O–H groups in total. The topological polar surface area (TPSA) is 48.7 Å². The molecule has 0 aliphatic carbocycles. The fraction of sp³-hybridized carbons (Fsp3) is 0.0667. The van der Waals surface area contributed by atoms with Crippen LogP contribution in [0, 0.1) is 18.3 Å². The number of aryl methyl sites for hydroxylation is 1. The second kappa shape index (κ2) is 5.12. The van der Waals surface area contributed by atoms with Gasteiger partial charge in [0.05, 0.1) is 21.5 Å². The number of halogens is 1. The molecule has 0 bridgehead atoms. The number of rotatable bonds is 2. The molecule has 0 spiro atoms. The summed E-state index contributed by atoms with van der Waals surface area (Å²) in [5, 5.41) is 13.6. The van der Waals surface area contributed by atoms with E-state index in [4.69, 9.17) is 16.9 Å². The molecule has 0 aliphatic heterocycles. The highest BCUT2D eigenvalue weighted by molar-refractivity contribution is 7.22. The predicted octanol–water partition coefficient (Wildman–Crippen LogP) is 4.87. The van der Waals surface area contributed by atoms with E-state index >= 15 is 0 Å². The highest BCUT2D eigenvalue weighted by atomic mass is 35.5. The molecule has 0 aliphatic rings. The maximum atomic E-state index is 9.13. The Morgan fingerprint density at radius 1 is 1.25 bits per heavy atom. The Morgan fingerprint density at radius 2 is 2.10 bits per heavy atom. The van der Waals surface area contributed by atoms with Gasteiger partial charge in [-0.15, -0.1) is 0 Å². The van der Waals surface area contributed by atoms with Crippen LogP contribution in [-0.2, 0) is 0 Å². The maximum absolute atomic E-state index is 9.13. The average Bonchev–Trinajstić information content (AvgIpc) is 2.82. The van der Waals surface area contributed by atoms with Gasteiger partial charge < -0.3 is 5.32 Å². The summed E-state index contributed by atoms with van der Waals surface area (Å²) in [5.74, 6) is 0. The fourth-order valence-electron chi connectivity index (χ4n) is 1.92. The minimum atomic E-state index is 0.507. The normalized spacial score (nSPS) is 10.4. The van der Waals surface area contributed by atoms with Crippen molar-refractivity contribution in [1.82, 2.24) is 4.98 Å². The van der Waals surface area contributed by atoms with E-state index in [1.807, 2.05) is 12.1 Å². The number of benzene rings is 2. The van der Waals surface area contributed by atoms with Crippen molar-refractivity contribution in [3.8, 4) is 6.07 Å². The first kappa shape index (κ1) is 12.9. The van der Waals surface area contributed by atoms with Gasteiger partial charge in [-0.25, -0.2) is 4.98 Å². The lowest BCUT2D eigenvalue weighted by Gasteiger charge is -2.04. The molecule has 0 amide bonds. The van der Waals surface area contributed by atoms with Gasteiger partial charge in [0.1, 0.15) is 6.07 Å². The number of nitrogens with one attached hydrogen (secondary N) is 1. The molecular formula is C15H10ClN3S. The average molecular weight is 300 g/mol. The van der Waals surface area contributed by atoms with Crippen molar-refractivity contribution in [2.24, 2.45) is 0 Å². The molecule has 3 rings (SSSR count). The standard InChI is InChI=1S/C15H10ClN3S/c1-9-2-4-13-14(6-9)20-15(19-13)18-12-5-3-11(16)7-10(12)8-17/h2-7H,1H3,(H,18,19). The van der Waals surface area contributed by atoms with Crippen LogP contribution in [-0.4, -0.2) is 4.98 Å². The van der Waals surface area contributed by atoms with Gasteiger partial charge >= 0.3 is 0 Å². The molecule has 1 aromatic heterocycles. The summed E-state index contributed by atoms with van der Waals surface area (Å²) in [7, 11) is 0. The first-order valence-electron chi connectivity index (χ1n) is 5.99. The molecule has 0 radical (unpaired) electrons. The molecule has 0 atom stereocenters. The second-order valence-corrected chi connectivity index (χ2v) is 5.88. The van der Waals surface area contributed by atoms with Crippen LogP contribution in [0.1, 0.15) is 11.1 Å². The lowest BCUT2D eigenvalue weighted by atomic mass is 10.2. The Balaban J connectivity index is 1.99. The maximum Gasteiger partial charge on any atom is 0.188 e. The molecule has 5 heteroatoms. The SMILES string of the molecule is Cc1ccc2nc(Nc3ccc(Cl)cc3C#N)sc2c1. The van der Waals surface area contributed by atoms with Crippen molar-refractivity contribution < 1.29 is 0 Å². The summed E-state index contributed by atoms with van der Waals surface area (Å²) in [6.07, 6.45) is 0. The number of nitrogens with zero attached hydrogens (tertiary/aromatic N) is 2. The van der Waals surface area contributed by atoms with E-state index in [0.29, 0.717) is 16.3 Å². The summed E-state index contributed by atoms with van der Waals surface area (Å²) in [4.78, 5) is 4.51. The molecule has 20 heavy (non-hydrogen) atoms. The van der Waals surface area contributed by atoms with Crippen molar-refractivity contribution in [3.63, 3.8) is 0 Å². The van der Waals surface area contributed by atoms with E-state index in [9.17, 15) is 0 Å². The molecule has 3 aromatic rings. The zero-order chi connectivity index (χ0) is 14.1. The van der Waals surface area contributed by atoms with Crippen molar-refractivity contribution in [2.45, 2.75) is 6.92 Å². The van der Waals surface area contributed by atoms with E-state index in [-0.39, 0.29) is 0 Å². The lowest BCUT2D eigenvalue weighted by Crippen LogP contribution is -1.92. The molecule has 0 saturated heterocycles. The highest BCUT2D eigenvalue weighted by Crippen LogP contribution is 2.30. The number of hydrogen-bond donors (Lipinski definition) is 1. The number of anilines is 2. The summed E-state index contributed by atoms with van der Waals surface area (Å²) in [6.45, 7) is 2.05. The largest absolute Gasteiger partial charge is 0.330 e. The quantitative estimate of drug-likeness (QED) is 0.734. The van der Waals surface area contributed by atoms with Gasteiger partial charge in [0.2, 0.25) is 0 Å². The number of fused-ring (bicyclic) bond motifs is 1. The first-order valence-corrected chi connectivity index (χ1v) is 7.19. The number of nitriles is 1. The third kappa shape index (κ3) is 2.46. The van der Waals surface area contributed by atoms with E-state index in [0.717, 1.165) is 15.3 Å². The van der Waals surface area contributed by atoms with Crippen molar-refractivity contribution >= 4 is 44.0 Å². The van der Waals surface area contributed by atoms with Crippen LogP contribution in [0.25, 0.3) is 10.2 Å². The fourth-order valence-corrected chi connectivity index (χ4v) is 3.07. The molecule has 0 saturated carbocycles. The van der Waals surface area contributed by atoms with Gasteiger partial charge in [-0.2, -0.15) is 5.26 Å². The minimum absolute atomic E-state index is 0.507. The summed E-state index contributed by atoms with van der Waals surface area (Å²) >= 11 is 7.45. The van der Waals surface area contributed by atoms with Crippen LogP contribution < -0.4 is 5.32 Å². The van der Waals surface area contributed by atoms with Crippen LogP contribution in [0.3, 0.4) is 0 Å². The van der Waals surface area contributed by atoms with E-state index in [1.54, 1.807) is 29.5 Å². The van der Waals surface area contributed by atoms with Crippen molar-refractivity contribution in [3.05, 3.63) is 52.5 Å². The Morgan fingerprint density at radius 3 is 2.90 bits per heavy atom. The Kier molecular flexibility index (Phi) is 3.31. The summed E-state index contributed by atoms with van der Waals surface area (Å²) in [5.41, 5.74) is 3.38. The minimum Gasteiger partial charge on any atom is -0.330 e. The molecule has 3 nitrogen and oxygen atoms in total. The highest BCUT2D eigenvalue weighted by Gasteiger charge is 2.07. The Labute approximate surface area is 125 Å². The molecule has 0 unspecified atom stereocenters. The van der Waals surface area contributed by atoms with Crippen LogP contribution in [0.15, 0.2) is 36.4 Å². The zero-order valence-electron chi connectivity index (χ0n) is 10.6. The van der Waals surface area contributed by atoms with E-state index in [1.165, 1.54) is 5.56 Å². The van der Waals surface area contributed by atoms with Gasteiger partial charge in [-0.05, 0) is 42.8 Å². The molecule has 98 valence electrons. The number of aromatic nitrogens is 1. The number of hydrogen-bond acceptors (Lipinski definition) is 4. The van der Waals surface area contributed by atoms with Gasteiger partial charge in [-0.1, -0.05) is 29.0 Å². The molecule has 2 aromatic carbocycles. The van der Waals surface area contributed by atoms with Gasteiger partial charge in [0.15, 0.2) is 5.13 Å². The van der Waals surface area contributed by atoms with Crippen LogP contribution in [0.4, 0.5) is 10.8 Å². The number of thiazole rings is 1. The predicted molar refractivity (Wildman–Crippen MR) is 83.8 cm³/mol. The smallest absolute Gasteiger partial charge is 0.188 e. The summed E-state index contributed by atoms with van der Waals surface area (Å²) in [6, 6.07) is 13.5. The molecule has 0 fully saturated rings. The van der Waals surface area contributed by atoms with Gasteiger partial charge in [0.25, 0.3) is 0 Å². The molecular weight excluding hydrogens is 290 g/mol. The van der Waals surface area contributed by atoms with Crippen molar-refractivity contribution in [1.29, 1.82) is 5.26 Å². The Bertz CT molecular complexity index is 833. The van der Waals surface area contributed by atoms with Crippen LogP contribution >= 0.6 is 22.9 Å². The Hall–Kier alpha value is -2.09. The zero-order valence-corrected chi connectivity index (χ0v) is 12.2. The van der Waals surface area contributed by atoms with Gasteiger partial charge in [-0.3, -0.25) is 0 Å². The first-order chi connectivity index (χ1) is 9.65.